The molecule has 0 aliphatic carbocycles. The van der Waals surface area contributed by atoms with Crippen molar-refractivity contribution in [1.29, 1.82) is 0 Å². The summed E-state index contributed by atoms with van der Waals surface area (Å²) in [5.74, 6) is 0.463. The van der Waals surface area contributed by atoms with E-state index in [1.165, 1.54) is 4.90 Å². The molecule has 0 saturated heterocycles. The number of nitrogens with zero attached hydrogens (tertiary/aromatic N) is 7. The fraction of sp³-hybridized carbons (Fsp3) is 0.318. The van der Waals surface area contributed by atoms with Crippen LogP contribution in [-0.4, -0.2) is 61.0 Å². The van der Waals surface area contributed by atoms with E-state index >= 15 is 0 Å². The number of rotatable bonds is 3. The number of fused-ring (bicyclic) bond motifs is 2. The topological polar surface area (TPSA) is 95.3 Å². The number of carbonyl (C=O) groups is 1. The van der Waals surface area contributed by atoms with Crippen LogP contribution in [-0.2, 0) is 6.42 Å². The Bertz CT molecular complexity index is 1290. The first-order valence-corrected chi connectivity index (χ1v) is 10.2. The lowest BCUT2D eigenvalue weighted by atomic mass is 10.00. The molecule has 1 atom stereocenters. The summed E-state index contributed by atoms with van der Waals surface area (Å²) in [5, 5.41) is 4.85. The minimum atomic E-state index is -0.218. The Balaban J connectivity index is 1.61. The van der Waals surface area contributed by atoms with Gasteiger partial charge in [-0.3, -0.25) is 4.79 Å². The van der Waals surface area contributed by atoms with Gasteiger partial charge in [-0.15, -0.1) is 0 Å². The minimum Gasteiger partial charge on any atom is -0.348 e. The first kappa shape index (κ1) is 19.2. The zero-order chi connectivity index (χ0) is 21.7. The van der Waals surface area contributed by atoms with E-state index in [9.17, 15) is 4.79 Å². The number of nitrogens with one attached hydrogen (secondary N) is 1. The molecule has 0 unspecified atom stereocenters. The highest BCUT2D eigenvalue weighted by Crippen LogP contribution is 2.35. The Morgan fingerprint density at radius 3 is 2.84 bits per heavy atom. The second-order valence-electron chi connectivity index (χ2n) is 8.07. The zero-order valence-corrected chi connectivity index (χ0v) is 18.0. The van der Waals surface area contributed by atoms with Gasteiger partial charge in [0.2, 0.25) is 5.95 Å². The molecule has 0 bridgehead atoms. The molecule has 0 spiro atoms. The highest BCUT2D eigenvalue weighted by molar-refractivity contribution is 5.94. The second kappa shape index (κ2) is 7.19. The molecule has 1 aliphatic heterocycles. The van der Waals surface area contributed by atoms with E-state index in [4.69, 9.17) is 10.1 Å². The number of hydrogen-bond donors (Lipinski definition) is 1. The van der Waals surface area contributed by atoms with Gasteiger partial charge in [-0.1, -0.05) is 6.07 Å². The third-order valence-electron chi connectivity index (χ3n) is 5.80. The summed E-state index contributed by atoms with van der Waals surface area (Å²) < 4.78 is 1.90. The first-order chi connectivity index (χ1) is 14.9. The number of aromatic nitrogens is 6. The van der Waals surface area contributed by atoms with Crippen molar-refractivity contribution in [3.05, 3.63) is 70.8 Å². The van der Waals surface area contributed by atoms with Crippen LogP contribution in [0.5, 0.6) is 0 Å². The number of carbonyl (C=O) groups excluding carboxylic acids is 1. The van der Waals surface area contributed by atoms with Crippen molar-refractivity contribution >= 4 is 17.4 Å². The van der Waals surface area contributed by atoms with Crippen molar-refractivity contribution in [3.8, 4) is 0 Å². The van der Waals surface area contributed by atoms with E-state index in [2.05, 4.69) is 38.9 Å². The smallest absolute Gasteiger partial charge is 0.256 e. The van der Waals surface area contributed by atoms with Gasteiger partial charge >= 0.3 is 0 Å². The van der Waals surface area contributed by atoms with Crippen LogP contribution in [0.15, 0.2) is 36.9 Å². The fourth-order valence-corrected chi connectivity index (χ4v) is 4.15. The molecule has 1 amide bonds. The predicted molar refractivity (Wildman–Crippen MR) is 116 cm³/mol. The van der Waals surface area contributed by atoms with Gasteiger partial charge in [-0.25, -0.2) is 19.5 Å². The number of aromatic amines is 1. The normalized spacial score (nSPS) is 15.9. The molecule has 1 aliphatic rings. The number of amides is 1. The average Bonchev–Trinajstić information content (AvgIpc) is 3.40. The predicted octanol–water partition coefficient (Wildman–Crippen LogP) is 2.32. The van der Waals surface area contributed by atoms with Crippen LogP contribution in [0.2, 0.25) is 0 Å². The molecule has 5 heterocycles. The molecule has 0 saturated carbocycles. The summed E-state index contributed by atoms with van der Waals surface area (Å²) in [5.41, 5.74) is 6.30. The standard InChI is InChI=1S/C22H24N8O/c1-13-6-5-8-30-18(13)10-17(27-30)20-19-16(24-12-25-19)7-9-29(20)22-23-11-15(14(2)26-22)21(31)28(3)4/h5-6,8,10-12,20H,7,9H2,1-4H3,(H,24,25)/t20-/m0/s1. The molecule has 5 rings (SSSR count). The number of anilines is 1. The lowest BCUT2D eigenvalue weighted by molar-refractivity contribution is 0.0826. The van der Waals surface area contributed by atoms with E-state index < -0.39 is 0 Å². The lowest BCUT2D eigenvalue weighted by Gasteiger charge is -2.34. The maximum atomic E-state index is 12.4. The quantitative estimate of drug-likeness (QED) is 0.551. The molecule has 0 radical (unpaired) electrons. The lowest BCUT2D eigenvalue weighted by Crippen LogP contribution is -2.38. The average molecular weight is 416 g/mol. The Morgan fingerprint density at radius 2 is 2.10 bits per heavy atom. The van der Waals surface area contributed by atoms with Crippen LogP contribution < -0.4 is 4.90 Å². The summed E-state index contributed by atoms with van der Waals surface area (Å²) in [4.78, 5) is 33.2. The van der Waals surface area contributed by atoms with Crippen LogP contribution >= 0.6 is 0 Å². The highest BCUT2D eigenvalue weighted by Gasteiger charge is 2.35. The van der Waals surface area contributed by atoms with Gasteiger partial charge in [-0.05, 0) is 31.5 Å². The van der Waals surface area contributed by atoms with Gasteiger partial charge in [0, 0.05) is 45.1 Å². The molecule has 0 aromatic carbocycles. The Labute approximate surface area is 179 Å². The van der Waals surface area contributed by atoms with Crippen molar-refractivity contribution in [3.63, 3.8) is 0 Å². The Morgan fingerprint density at radius 1 is 1.26 bits per heavy atom. The third kappa shape index (κ3) is 3.13. The zero-order valence-electron chi connectivity index (χ0n) is 18.0. The molecule has 0 fully saturated rings. The van der Waals surface area contributed by atoms with Crippen molar-refractivity contribution in [2.24, 2.45) is 0 Å². The molecule has 158 valence electrons. The monoisotopic (exact) mass is 416 g/mol. The number of imidazole rings is 1. The molecule has 4 aromatic heterocycles. The molecule has 9 heteroatoms. The third-order valence-corrected chi connectivity index (χ3v) is 5.80. The summed E-state index contributed by atoms with van der Waals surface area (Å²) >= 11 is 0. The number of pyridine rings is 1. The Kier molecular flexibility index (Phi) is 4.46. The maximum Gasteiger partial charge on any atom is 0.256 e. The molecule has 9 nitrogen and oxygen atoms in total. The van der Waals surface area contributed by atoms with E-state index in [0.29, 0.717) is 23.8 Å². The highest BCUT2D eigenvalue weighted by atomic mass is 16.2. The first-order valence-electron chi connectivity index (χ1n) is 10.2. The molecular formula is C22H24N8O. The van der Waals surface area contributed by atoms with E-state index in [1.807, 2.05) is 23.7 Å². The van der Waals surface area contributed by atoms with Crippen molar-refractivity contribution in [1.82, 2.24) is 34.4 Å². The van der Waals surface area contributed by atoms with E-state index in [0.717, 1.165) is 34.6 Å². The second-order valence-corrected chi connectivity index (χ2v) is 8.07. The van der Waals surface area contributed by atoms with E-state index in [-0.39, 0.29) is 11.9 Å². The van der Waals surface area contributed by atoms with Crippen LogP contribution in [0.4, 0.5) is 5.95 Å². The van der Waals surface area contributed by atoms with Crippen molar-refractivity contribution < 1.29 is 4.79 Å². The minimum absolute atomic E-state index is 0.107. The van der Waals surface area contributed by atoms with Gasteiger partial charge in [-0.2, -0.15) is 5.10 Å². The van der Waals surface area contributed by atoms with Gasteiger partial charge in [0.1, 0.15) is 6.04 Å². The van der Waals surface area contributed by atoms with E-state index in [1.54, 1.807) is 26.6 Å². The van der Waals surface area contributed by atoms with Gasteiger partial charge < -0.3 is 14.8 Å². The van der Waals surface area contributed by atoms with Gasteiger partial charge in [0.25, 0.3) is 5.91 Å². The molecular weight excluding hydrogens is 392 g/mol. The molecule has 4 aromatic rings. The number of H-pyrrole nitrogens is 1. The Hall–Kier alpha value is -3.75. The van der Waals surface area contributed by atoms with Gasteiger partial charge in [0.05, 0.1) is 34.5 Å². The maximum absolute atomic E-state index is 12.4. The fourth-order valence-electron chi connectivity index (χ4n) is 4.15. The molecule has 1 N–H and O–H groups in total. The van der Waals surface area contributed by atoms with Crippen molar-refractivity contribution in [2.45, 2.75) is 26.3 Å². The molecule has 31 heavy (non-hydrogen) atoms. The summed E-state index contributed by atoms with van der Waals surface area (Å²) in [6.07, 6.45) is 6.10. The summed E-state index contributed by atoms with van der Waals surface area (Å²) in [6, 6.07) is 5.95. The SMILES string of the molecule is Cc1nc(N2CCc3[nH]cnc3[C@@H]2c2cc3c(C)cccn3n2)ncc1C(=O)N(C)C. The van der Waals surface area contributed by atoms with Crippen LogP contribution in [0.1, 0.15) is 44.7 Å². The summed E-state index contributed by atoms with van der Waals surface area (Å²) in [6.45, 7) is 4.63. The van der Waals surface area contributed by atoms with Crippen LogP contribution in [0.3, 0.4) is 0 Å². The summed E-state index contributed by atoms with van der Waals surface area (Å²) in [7, 11) is 3.45. The van der Waals surface area contributed by atoms with Crippen LogP contribution in [0, 0.1) is 13.8 Å². The van der Waals surface area contributed by atoms with Gasteiger partial charge in [0.15, 0.2) is 0 Å². The number of hydrogen-bond acceptors (Lipinski definition) is 6. The van der Waals surface area contributed by atoms with Crippen LogP contribution in [0.25, 0.3) is 5.52 Å². The number of aryl methyl sites for hydroxylation is 2. The van der Waals surface area contributed by atoms with Crippen molar-refractivity contribution in [2.75, 3.05) is 25.5 Å². The largest absolute Gasteiger partial charge is 0.348 e.